The van der Waals surface area contributed by atoms with Crippen molar-refractivity contribution in [1.29, 1.82) is 0 Å². The monoisotopic (exact) mass is 432 g/mol. The largest absolute Gasteiger partial charge is 0.481 e. The molecule has 2 atom stereocenters. The van der Waals surface area contributed by atoms with Crippen LogP contribution in [0.3, 0.4) is 0 Å². The Balaban J connectivity index is 1.55. The van der Waals surface area contributed by atoms with Crippen LogP contribution in [0.5, 0.6) is 11.5 Å². The molecule has 0 heterocycles. The van der Waals surface area contributed by atoms with E-state index in [0.717, 1.165) is 0 Å². The lowest BCUT2D eigenvalue weighted by Gasteiger charge is -2.18. The van der Waals surface area contributed by atoms with Gasteiger partial charge in [-0.05, 0) is 61.4 Å². The van der Waals surface area contributed by atoms with Crippen molar-refractivity contribution in [2.45, 2.75) is 38.9 Å². The SMILES string of the molecule is CCC(Oc1ccccc1)C(=O)Nc1ccc(NC(=O)C(CC)Oc2ccccc2)cc1. The molecule has 0 aliphatic rings. The van der Waals surface area contributed by atoms with Crippen LogP contribution in [0.4, 0.5) is 11.4 Å². The van der Waals surface area contributed by atoms with Crippen molar-refractivity contribution in [2.75, 3.05) is 10.6 Å². The first-order valence-electron chi connectivity index (χ1n) is 10.7. The first kappa shape index (κ1) is 22.9. The summed E-state index contributed by atoms with van der Waals surface area (Å²) in [7, 11) is 0. The molecule has 0 saturated heterocycles. The van der Waals surface area contributed by atoms with Gasteiger partial charge in [0.1, 0.15) is 11.5 Å². The topological polar surface area (TPSA) is 76.7 Å². The average Bonchev–Trinajstić information content (AvgIpc) is 2.83. The maximum absolute atomic E-state index is 12.6. The predicted molar refractivity (Wildman–Crippen MR) is 126 cm³/mol. The summed E-state index contributed by atoms with van der Waals surface area (Å²) in [6.07, 6.45) is -0.127. The summed E-state index contributed by atoms with van der Waals surface area (Å²) in [5.74, 6) is 0.845. The number of ether oxygens (including phenoxy) is 2. The number of para-hydroxylation sites is 2. The van der Waals surface area contributed by atoms with E-state index in [4.69, 9.17) is 9.47 Å². The normalized spacial score (nSPS) is 12.3. The molecule has 6 nitrogen and oxygen atoms in total. The van der Waals surface area contributed by atoms with Crippen LogP contribution >= 0.6 is 0 Å². The molecule has 3 aromatic rings. The number of hydrogen-bond donors (Lipinski definition) is 2. The van der Waals surface area contributed by atoms with Gasteiger partial charge in [-0.2, -0.15) is 0 Å². The third-order valence-corrected chi connectivity index (χ3v) is 4.79. The summed E-state index contributed by atoms with van der Waals surface area (Å²) in [5, 5.41) is 5.72. The van der Waals surface area contributed by atoms with E-state index in [1.165, 1.54) is 0 Å². The zero-order valence-electron chi connectivity index (χ0n) is 18.3. The van der Waals surface area contributed by atoms with Crippen molar-refractivity contribution in [3.8, 4) is 11.5 Å². The van der Waals surface area contributed by atoms with E-state index < -0.39 is 12.2 Å². The van der Waals surface area contributed by atoms with Gasteiger partial charge in [0, 0.05) is 11.4 Å². The molecule has 0 fully saturated rings. The molecule has 32 heavy (non-hydrogen) atoms. The highest BCUT2D eigenvalue weighted by atomic mass is 16.5. The number of carbonyl (C=O) groups excluding carboxylic acids is 2. The van der Waals surface area contributed by atoms with Crippen LogP contribution in [-0.2, 0) is 9.59 Å². The molecule has 6 heteroatoms. The van der Waals surface area contributed by atoms with Gasteiger partial charge in [-0.3, -0.25) is 9.59 Å². The summed E-state index contributed by atoms with van der Waals surface area (Å²) in [4.78, 5) is 25.2. The van der Waals surface area contributed by atoms with Gasteiger partial charge >= 0.3 is 0 Å². The second kappa shape index (κ2) is 11.6. The fourth-order valence-corrected chi connectivity index (χ4v) is 3.05. The molecule has 0 aromatic heterocycles. The number of hydrogen-bond acceptors (Lipinski definition) is 4. The van der Waals surface area contributed by atoms with E-state index >= 15 is 0 Å². The van der Waals surface area contributed by atoms with E-state index in [-0.39, 0.29) is 11.8 Å². The lowest BCUT2D eigenvalue weighted by molar-refractivity contribution is -0.123. The highest BCUT2D eigenvalue weighted by Gasteiger charge is 2.20. The van der Waals surface area contributed by atoms with Gasteiger partial charge < -0.3 is 20.1 Å². The van der Waals surface area contributed by atoms with E-state index in [1.54, 1.807) is 24.3 Å². The summed E-state index contributed by atoms with van der Waals surface area (Å²) in [5.41, 5.74) is 1.24. The van der Waals surface area contributed by atoms with E-state index in [2.05, 4.69) is 10.6 Å². The smallest absolute Gasteiger partial charge is 0.265 e. The van der Waals surface area contributed by atoms with Crippen LogP contribution in [0.25, 0.3) is 0 Å². The van der Waals surface area contributed by atoms with Crippen LogP contribution in [0.2, 0.25) is 0 Å². The highest BCUT2D eigenvalue weighted by Crippen LogP contribution is 2.18. The van der Waals surface area contributed by atoms with Gasteiger partial charge in [0.25, 0.3) is 11.8 Å². The molecule has 0 bridgehead atoms. The van der Waals surface area contributed by atoms with Crippen molar-refractivity contribution >= 4 is 23.2 Å². The lowest BCUT2D eigenvalue weighted by Crippen LogP contribution is -2.32. The Hall–Kier alpha value is -3.80. The summed E-state index contributed by atoms with van der Waals surface area (Å²) in [6.45, 7) is 3.79. The van der Waals surface area contributed by atoms with Gasteiger partial charge in [0.2, 0.25) is 0 Å². The zero-order chi connectivity index (χ0) is 22.8. The molecular formula is C26H28N2O4. The Morgan fingerprint density at radius 1 is 0.625 bits per heavy atom. The van der Waals surface area contributed by atoms with Gasteiger partial charge in [-0.25, -0.2) is 0 Å². The second-order valence-electron chi connectivity index (χ2n) is 7.21. The van der Waals surface area contributed by atoms with Crippen LogP contribution < -0.4 is 20.1 Å². The van der Waals surface area contributed by atoms with Crippen LogP contribution in [-0.4, -0.2) is 24.0 Å². The van der Waals surface area contributed by atoms with Gasteiger partial charge in [0.05, 0.1) is 0 Å². The Bertz CT molecular complexity index is 909. The van der Waals surface area contributed by atoms with E-state index in [0.29, 0.717) is 35.7 Å². The first-order chi connectivity index (χ1) is 15.6. The second-order valence-corrected chi connectivity index (χ2v) is 7.21. The molecule has 2 amide bonds. The maximum Gasteiger partial charge on any atom is 0.265 e. The number of nitrogens with one attached hydrogen (secondary N) is 2. The minimum Gasteiger partial charge on any atom is -0.481 e. The quantitative estimate of drug-likeness (QED) is 0.457. The van der Waals surface area contributed by atoms with Gasteiger partial charge in [-0.1, -0.05) is 50.2 Å². The summed E-state index contributed by atoms with van der Waals surface area (Å²) >= 11 is 0. The number of amides is 2. The molecule has 166 valence electrons. The predicted octanol–water partition coefficient (Wildman–Crippen LogP) is 5.28. The molecule has 0 aliphatic heterocycles. The van der Waals surface area contributed by atoms with Crippen molar-refractivity contribution in [2.24, 2.45) is 0 Å². The van der Waals surface area contributed by atoms with Gasteiger partial charge in [0.15, 0.2) is 12.2 Å². The first-order valence-corrected chi connectivity index (χ1v) is 10.7. The Morgan fingerprint density at radius 2 is 0.969 bits per heavy atom. The average molecular weight is 433 g/mol. The molecule has 0 spiro atoms. The molecule has 0 aliphatic carbocycles. The van der Waals surface area contributed by atoms with Gasteiger partial charge in [-0.15, -0.1) is 0 Å². The van der Waals surface area contributed by atoms with Crippen molar-refractivity contribution in [3.05, 3.63) is 84.9 Å². The van der Waals surface area contributed by atoms with Crippen LogP contribution in [0.15, 0.2) is 84.9 Å². The highest BCUT2D eigenvalue weighted by molar-refractivity contribution is 5.96. The number of carbonyl (C=O) groups is 2. The van der Waals surface area contributed by atoms with Crippen molar-refractivity contribution < 1.29 is 19.1 Å². The minimum atomic E-state index is -0.600. The van der Waals surface area contributed by atoms with Crippen molar-refractivity contribution in [1.82, 2.24) is 0 Å². The summed E-state index contributed by atoms with van der Waals surface area (Å²) in [6, 6.07) is 25.5. The Labute approximate surface area is 188 Å². The van der Waals surface area contributed by atoms with Crippen LogP contribution in [0, 0.1) is 0 Å². The Kier molecular flexibility index (Phi) is 8.26. The fourth-order valence-electron chi connectivity index (χ4n) is 3.05. The molecule has 3 aromatic carbocycles. The lowest BCUT2D eigenvalue weighted by atomic mass is 10.2. The number of rotatable bonds is 10. The van der Waals surface area contributed by atoms with Crippen molar-refractivity contribution in [3.63, 3.8) is 0 Å². The Morgan fingerprint density at radius 3 is 1.28 bits per heavy atom. The van der Waals surface area contributed by atoms with E-state index in [1.807, 2.05) is 74.5 Å². The number of anilines is 2. The molecule has 3 rings (SSSR count). The third kappa shape index (κ3) is 6.60. The maximum atomic E-state index is 12.6. The third-order valence-electron chi connectivity index (χ3n) is 4.79. The molecule has 0 saturated carbocycles. The zero-order valence-corrected chi connectivity index (χ0v) is 18.3. The number of benzene rings is 3. The fraction of sp³-hybridized carbons (Fsp3) is 0.231. The van der Waals surface area contributed by atoms with E-state index in [9.17, 15) is 9.59 Å². The molecule has 2 unspecified atom stereocenters. The van der Waals surface area contributed by atoms with Crippen LogP contribution in [0.1, 0.15) is 26.7 Å². The standard InChI is InChI=1S/C26H28N2O4/c1-3-23(31-21-11-7-5-8-12-21)25(29)27-19-15-17-20(18-16-19)28-26(30)24(4-2)32-22-13-9-6-10-14-22/h5-18,23-24H,3-4H2,1-2H3,(H,27,29)(H,28,30). The molecule has 0 radical (unpaired) electrons. The summed E-state index contributed by atoms with van der Waals surface area (Å²) < 4.78 is 11.6. The molecular weight excluding hydrogens is 404 g/mol. The minimum absolute atomic E-state index is 0.226. The molecule has 2 N–H and O–H groups in total.